The van der Waals surface area contributed by atoms with Gasteiger partial charge in [-0.3, -0.25) is 14.9 Å². The van der Waals surface area contributed by atoms with Crippen molar-refractivity contribution < 1.29 is 19.1 Å². The van der Waals surface area contributed by atoms with Crippen LogP contribution in [0.2, 0.25) is 0 Å². The van der Waals surface area contributed by atoms with Crippen LogP contribution < -0.4 is 5.32 Å². The minimum atomic E-state index is -1.01. The highest BCUT2D eigenvalue weighted by atomic mass is 32.2. The van der Waals surface area contributed by atoms with Crippen LogP contribution in [-0.4, -0.2) is 32.7 Å². The Labute approximate surface area is 118 Å². The molecule has 0 radical (unpaired) electrons. The van der Waals surface area contributed by atoms with Gasteiger partial charge in [-0.05, 0) is 12.1 Å². The summed E-state index contributed by atoms with van der Waals surface area (Å²) in [6, 6.07) is 5.42. The van der Waals surface area contributed by atoms with E-state index in [-0.39, 0.29) is 29.8 Å². The van der Waals surface area contributed by atoms with Gasteiger partial charge in [0.1, 0.15) is 6.26 Å². The Balaban J connectivity index is 1.82. The van der Waals surface area contributed by atoms with Crippen molar-refractivity contribution in [1.29, 1.82) is 0 Å². The largest absolute Gasteiger partial charge is 0.481 e. The van der Waals surface area contributed by atoms with E-state index in [0.29, 0.717) is 0 Å². The molecule has 0 aliphatic rings. The topological polar surface area (TPSA) is 105 Å². The summed E-state index contributed by atoms with van der Waals surface area (Å²) in [4.78, 5) is 30.0. The monoisotopic (exact) mass is 293 g/mol. The van der Waals surface area contributed by atoms with E-state index in [1.807, 2.05) is 6.07 Å². The predicted molar refractivity (Wildman–Crippen MR) is 71.4 cm³/mol. The van der Waals surface area contributed by atoms with Gasteiger partial charge in [0.25, 0.3) is 0 Å². The fourth-order valence-electron chi connectivity index (χ4n) is 1.33. The number of hydrogen-bond acceptors (Lipinski definition) is 6. The van der Waals surface area contributed by atoms with Gasteiger partial charge in [-0.15, -0.1) is 0 Å². The van der Waals surface area contributed by atoms with Crippen LogP contribution in [0, 0.1) is 0 Å². The molecule has 2 aromatic rings. The number of carboxylic acid groups (broad SMARTS) is 1. The molecule has 0 bridgehead atoms. The van der Waals surface area contributed by atoms with Crippen molar-refractivity contribution >= 4 is 29.7 Å². The molecule has 0 spiro atoms. The lowest BCUT2D eigenvalue weighted by molar-refractivity contribution is -0.136. The Morgan fingerprint density at radius 1 is 1.40 bits per heavy atom. The van der Waals surface area contributed by atoms with Crippen molar-refractivity contribution in [2.75, 3.05) is 11.1 Å². The molecule has 0 aromatic carbocycles. The molecule has 7 nitrogen and oxygen atoms in total. The minimum Gasteiger partial charge on any atom is -0.481 e. The predicted octanol–water partition coefficient (Wildman–Crippen LogP) is 1.43. The third-order valence-electron chi connectivity index (χ3n) is 2.12. The molecule has 0 aliphatic heterocycles. The van der Waals surface area contributed by atoms with Crippen molar-refractivity contribution in [2.24, 2.45) is 0 Å². The number of nitrogens with one attached hydrogen (secondary N) is 1. The summed E-state index contributed by atoms with van der Waals surface area (Å²) >= 11 is 1.28. The number of oxazole rings is 1. The van der Waals surface area contributed by atoms with Crippen molar-refractivity contribution in [3.8, 4) is 0 Å². The molecule has 20 heavy (non-hydrogen) atoms. The molecular weight excluding hydrogens is 282 g/mol. The number of anilines is 1. The Bertz CT molecular complexity index is 600. The zero-order valence-electron chi connectivity index (χ0n) is 10.3. The lowest BCUT2D eigenvalue weighted by atomic mass is 10.3. The van der Waals surface area contributed by atoms with Crippen LogP contribution in [0.1, 0.15) is 5.69 Å². The number of aromatic nitrogens is 2. The van der Waals surface area contributed by atoms with Crippen LogP contribution in [0.25, 0.3) is 0 Å². The Morgan fingerprint density at radius 2 is 2.25 bits per heavy atom. The van der Waals surface area contributed by atoms with Gasteiger partial charge in [0.05, 0.1) is 22.9 Å². The number of carboxylic acids is 1. The number of pyridine rings is 1. The highest BCUT2D eigenvalue weighted by molar-refractivity contribution is 7.99. The van der Waals surface area contributed by atoms with E-state index in [0.717, 1.165) is 5.03 Å². The van der Waals surface area contributed by atoms with E-state index in [1.54, 1.807) is 18.3 Å². The second kappa shape index (κ2) is 6.71. The number of carbonyl (C=O) groups excluding carboxylic acids is 1. The summed E-state index contributed by atoms with van der Waals surface area (Å²) in [5.74, 6) is -1.15. The molecule has 2 aromatic heterocycles. The maximum atomic E-state index is 11.6. The van der Waals surface area contributed by atoms with Crippen LogP contribution in [0.4, 0.5) is 6.01 Å². The summed E-state index contributed by atoms with van der Waals surface area (Å²) in [5, 5.41) is 11.8. The lowest BCUT2D eigenvalue weighted by Gasteiger charge is -2.00. The molecule has 8 heteroatoms. The van der Waals surface area contributed by atoms with Gasteiger partial charge in [-0.2, -0.15) is 4.98 Å². The first-order valence-corrected chi connectivity index (χ1v) is 6.62. The van der Waals surface area contributed by atoms with Crippen LogP contribution >= 0.6 is 11.8 Å². The summed E-state index contributed by atoms with van der Waals surface area (Å²) in [7, 11) is 0. The third-order valence-corrected chi connectivity index (χ3v) is 3.06. The van der Waals surface area contributed by atoms with Crippen molar-refractivity contribution in [1.82, 2.24) is 9.97 Å². The maximum Gasteiger partial charge on any atom is 0.309 e. The number of rotatable bonds is 6. The van der Waals surface area contributed by atoms with Gasteiger partial charge in [0.2, 0.25) is 5.91 Å². The van der Waals surface area contributed by atoms with E-state index in [9.17, 15) is 9.59 Å². The average Bonchev–Trinajstić information content (AvgIpc) is 2.84. The number of thioether (sulfide) groups is 1. The van der Waals surface area contributed by atoms with E-state index < -0.39 is 5.97 Å². The Morgan fingerprint density at radius 3 is 2.95 bits per heavy atom. The molecule has 0 saturated heterocycles. The molecule has 104 valence electrons. The Kier molecular flexibility index (Phi) is 4.72. The number of nitrogens with zero attached hydrogens (tertiary/aromatic N) is 2. The molecule has 0 saturated carbocycles. The summed E-state index contributed by atoms with van der Waals surface area (Å²) in [6.07, 6.45) is 2.60. The molecule has 0 unspecified atom stereocenters. The molecule has 2 rings (SSSR count). The maximum absolute atomic E-state index is 11.6. The summed E-state index contributed by atoms with van der Waals surface area (Å²) in [6.45, 7) is 0. The molecular formula is C12H11N3O4S. The lowest BCUT2D eigenvalue weighted by Crippen LogP contribution is -2.14. The number of carbonyl (C=O) groups is 2. The third kappa shape index (κ3) is 4.39. The second-order valence-electron chi connectivity index (χ2n) is 3.72. The van der Waals surface area contributed by atoms with Gasteiger partial charge in [-0.1, -0.05) is 17.8 Å². The fourth-order valence-corrected chi connectivity index (χ4v) is 1.99. The molecule has 2 heterocycles. The average molecular weight is 293 g/mol. The normalized spacial score (nSPS) is 10.2. The van der Waals surface area contributed by atoms with Gasteiger partial charge in [-0.25, -0.2) is 4.98 Å². The molecule has 1 amide bonds. The zero-order valence-corrected chi connectivity index (χ0v) is 11.1. The first kappa shape index (κ1) is 14.1. The summed E-state index contributed by atoms with van der Waals surface area (Å²) in [5.41, 5.74) is 0.255. The SMILES string of the molecule is O=C(O)Cc1coc(NC(=O)CSc2ccccn2)n1. The zero-order chi connectivity index (χ0) is 14.4. The van der Waals surface area contributed by atoms with Gasteiger partial charge in [0.15, 0.2) is 0 Å². The number of aliphatic carboxylic acids is 1. The van der Waals surface area contributed by atoms with Gasteiger partial charge < -0.3 is 9.52 Å². The second-order valence-corrected chi connectivity index (χ2v) is 4.71. The van der Waals surface area contributed by atoms with Crippen LogP contribution in [0.15, 0.2) is 40.1 Å². The van der Waals surface area contributed by atoms with Crippen LogP contribution in [-0.2, 0) is 16.0 Å². The van der Waals surface area contributed by atoms with Gasteiger partial charge in [0, 0.05) is 6.20 Å². The van der Waals surface area contributed by atoms with Crippen LogP contribution in [0.3, 0.4) is 0 Å². The number of amides is 1. The van der Waals surface area contributed by atoms with Crippen molar-refractivity contribution in [3.63, 3.8) is 0 Å². The summed E-state index contributed by atoms with van der Waals surface area (Å²) < 4.78 is 4.96. The fraction of sp³-hybridized carbons (Fsp3) is 0.167. The van der Waals surface area contributed by atoms with Crippen molar-refractivity contribution in [2.45, 2.75) is 11.4 Å². The molecule has 0 fully saturated rings. The smallest absolute Gasteiger partial charge is 0.309 e. The highest BCUT2D eigenvalue weighted by Crippen LogP contribution is 2.14. The van der Waals surface area contributed by atoms with E-state index in [4.69, 9.17) is 9.52 Å². The number of hydrogen-bond donors (Lipinski definition) is 2. The standard InChI is InChI=1S/C12H11N3O4S/c16-9(7-20-10-3-1-2-4-13-10)15-12-14-8(6-19-12)5-11(17)18/h1-4,6H,5,7H2,(H,17,18)(H,14,15,16). The minimum absolute atomic E-state index is 0.00660. The first-order chi connectivity index (χ1) is 9.63. The highest BCUT2D eigenvalue weighted by Gasteiger charge is 2.11. The Hall–Kier alpha value is -2.35. The van der Waals surface area contributed by atoms with E-state index in [2.05, 4.69) is 15.3 Å². The van der Waals surface area contributed by atoms with Crippen molar-refractivity contribution in [3.05, 3.63) is 36.4 Å². The van der Waals surface area contributed by atoms with E-state index in [1.165, 1.54) is 18.0 Å². The van der Waals surface area contributed by atoms with E-state index >= 15 is 0 Å². The molecule has 2 N–H and O–H groups in total. The quantitative estimate of drug-likeness (QED) is 0.776. The molecule has 0 atom stereocenters. The van der Waals surface area contributed by atoms with Gasteiger partial charge >= 0.3 is 12.0 Å². The first-order valence-electron chi connectivity index (χ1n) is 5.63. The van der Waals surface area contributed by atoms with Crippen LogP contribution in [0.5, 0.6) is 0 Å². The molecule has 0 aliphatic carbocycles.